The number of benzene rings is 1. The zero-order chi connectivity index (χ0) is 15.1. The van der Waals surface area contributed by atoms with Gasteiger partial charge in [0, 0.05) is 26.2 Å². The summed E-state index contributed by atoms with van der Waals surface area (Å²) in [6, 6.07) is 3.23. The topological polar surface area (TPSA) is 60.4 Å². The molecule has 0 saturated heterocycles. The quantitative estimate of drug-likeness (QED) is 0.454. The van der Waals surface area contributed by atoms with Gasteiger partial charge in [-0.15, -0.1) is 0 Å². The molecule has 0 aliphatic carbocycles. The number of methoxy groups -OCH3 is 2. The molecule has 0 atom stereocenters. The van der Waals surface area contributed by atoms with E-state index < -0.39 is 5.97 Å². The van der Waals surface area contributed by atoms with Crippen molar-refractivity contribution in [2.75, 3.05) is 34.9 Å². The van der Waals surface area contributed by atoms with Gasteiger partial charge in [-0.25, -0.2) is 9.79 Å². The molecule has 1 aromatic carbocycles. The summed E-state index contributed by atoms with van der Waals surface area (Å²) >= 11 is 0. The van der Waals surface area contributed by atoms with Gasteiger partial charge in [-0.05, 0) is 6.92 Å². The molecule has 0 unspecified atom stereocenters. The molecule has 0 bridgehead atoms. The van der Waals surface area contributed by atoms with Crippen molar-refractivity contribution in [2.45, 2.75) is 6.92 Å². The van der Waals surface area contributed by atoms with E-state index in [4.69, 9.17) is 14.2 Å². The van der Waals surface area contributed by atoms with Crippen LogP contribution in [0.5, 0.6) is 11.5 Å². The first-order chi connectivity index (χ1) is 9.53. The molecule has 0 aliphatic rings. The Morgan fingerprint density at radius 1 is 1.30 bits per heavy atom. The molecule has 110 valence electrons. The first-order valence-corrected chi connectivity index (χ1v) is 6.17. The lowest BCUT2D eigenvalue weighted by Gasteiger charge is -2.13. The lowest BCUT2D eigenvalue weighted by Crippen LogP contribution is -2.08. The van der Waals surface area contributed by atoms with Crippen molar-refractivity contribution >= 4 is 18.0 Å². The average molecular weight is 280 g/mol. The zero-order valence-corrected chi connectivity index (χ0v) is 12.5. The maximum atomic E-state index is 11.8. The monoisotopic (exact) mass is 280 g/mol. The molecule has 6 nitrogen and oxygen atoms in total. The smallest absolute Gasteiger partial charge is 0.340 e. The second-order valence-electron chi connectivity index (χ2n) is 4.15. The van der Waals surface area contributed by atoms with Gasteiger partial charge < -0.3 is 19.1 Å². The van der Waals surface area contributed by atoms with E-state index in [1.54, 1.807) is 23.4 Å². The summed E-state index contributed by atoms with van der Waals surface area (Å²) in [5.74, 6) is 0.532. The zero-order valence-electron chi connectivity index (χ0n) is 12.5. The van der Waals surface area contributed by atoms with Crippen LogP contribution in [0.2, 0.25) is 0 Å². The largest absolute Gasteiger partial charge is 0.493 e. The summed E-state index contributed by atoms with van der Waals surface area (Å²) < 4.78 is 15.5. The number of ether oxygens (including phenoxy) is 3. The van der Waals surface area contributed by atoms with Crippen molar-refractivity contribution in [3.63, 3.8) is 0 Å². The second-order valence-corrected chi connectivity index (χ2v) is 4.15. The lowest BCUT2D eigenvalue weighted by atomic mass is 10.1. The molecule has 0 aromatic heterocycles. The van der Waals surface area contributed by atoms with E-state index in [-0.39, 0.29) is 0 Å². The highest BCUT2D eigenvalue weighted by atomic mass is 16.5. The summed E-state index contributed by atoms with van der Waals surface area (Å²) in [4.78, 5) is 17.8. The van der Waals surface area contributed by atoms with Crippen molar-refractivity contribution in [1.82, 2.24) is 4.90 Å². The molecular weight excluding hydrogens is 260 g/mol. The van der Waals surface area contributed by atoms with E-state index in [2.05, 4.69) is 4.99 Å². The molecular formula is C14H20N2O4. The molecule has 1 aromatic rings. The van der Waals surface area contributed by atoms with Gasteiger partial charge in [0.05, 0.1) is 38.4 Å². The van der Waals surface area contributed by atoms with Crippen LogP contribution in [0, 0.1) is 0 Å². The fourth-order valence-electron chi connectivity index (χ4n) is 1.53. The van der Waals surface area contributed by atoms with E-state index in [9.17, 15) is 4.79 Å². The summed E-state index contributed by atoms with van der Waals surface area (Å²) in [6.07, 6.45) is 1.60. The van der Waals surface area contributed by atoms with E-state index in [1.807, 2.05) is 21.0 Å². The molecule has 0 N–H and O–H groups in total. The standard InChI is InChI=1S/C14H20N2O4/c1-6-20-13-7-10(14(17)19-5)11(8-12(13)18-4)15-9-16(2)3/h7-9H,6H2,1-5H3. The van der Waals surface area contributed by atoms with Gasteiger partial charge in [0.1, 0.15) is 0 Å². The predicted molar refractivity (Wildman–Crippen MR) is 77.3 cm³/mol. The molecule has 0 heterocycles. The van der Waals surface area contributed by atoms with Gasteiger partial charge in [-0.2, -0.15) is 0 Å². The molecule has 0 saturated carbocycles. The summed E-state index contributed by atoms with van der Waals surface area (Å²) in [5.41, 5.74) is 0.792. The molecule has 0 amide bonds. The molecule has 0 spiro atoms. The van der Waals surface area contributed by atoms with Crippen molar-refractivity contribution in [1.29, 1.82) is 0 Å². The lowest BCUT2D eigenvalue weighted by molar-refractivity contribution is 0.0601. The maximum absolute atomic E-state index is 11.8. The average Bonchev–Trinajstić information content (AvgIpc) is 2.44. The molecule has 1 rings (SSSR count). The highest BCUT2D eigenvalue weighted by Crippen LogP contribution is 2.35. The second kappa shape index (κ2) is 7.37. The molecule has 0 fully saturated rings. The number of carbonyl (C=O) groups excluding carboxylic acids is 1. The molecule has 6 heteroatoms. The maximum Gasteiger partial charge on any atom is 0.340 e. The third-order valence-corrected chi connectivity index (χ3v) is 2.41. The van der Waals surface area contributed by atoms with Crippen LogP contribution >= 0.6 is 0 Å². The Hall–Kier alpha value is -2.24. The van der Waals surface area contributed by atoms with Crippen LogP contribution in [0.15, 0.2) is 17.1 Å². The van der Waals surface area contributed by atoms with Crippen molar-refractivity contribution < 1.29 is 19.0 Å². The van der Waals surface area contributed by atoms with E-state index in [1.165, 1.54) is 14.2 Å². The minimum absolute atomic E-state index is 0.329. The number of rotatable bonds is 6. The third-order valence-electron chi connectivity index (χ3n) is 2.41. The summed E-state index contributed by atoms with van der Waals surface area (Å²) in [7, 11) is 6.54. The number of esters is 1. The van der Waals surface area contributed by atoms with Crippen LogP contribution in [0.4, 0.5) is 5.69 Å². The number of carbonyl (C=O) groups is 1. The van der Waals surface area contributed by atoms with Gasteiger partial charge in [0.15, 0.2) is 11.5 Å². The highest BCUT2D eigenvalue weighted by Gasteiger charge is 2.17. The van der Waals surface area contributed by atoms with Crippen LogP contribution in [-0.2, 0) is 4.74 Å². The summed E-state index contributed by atoms with van der Waals surface area (Å²) in [5, 5.41) is 0. The van der Waals surface area contributed by atoms with Crippen LogP contribution < -0.4 is 9.47 Å². The van der Waals surface area contributed by atoms with E-state index in [0.29, 0.717) is 29.4 Å². The molecule has 0 aliphatic heterocycles. The van der Waals surface area contributed by atoms with Gasteiger partial charge in [-0.3, -0.25) is 0 Å². The first kappa shape index (κ1) is 15.8. The number of aliphatic imine (C=N–C) groups is 1. The van der Waals surface area contributed by atoms with Gasteiger partial charge in [0.25, 0.3) is 0 Å². The van der Waals surface area contributed by atoms with Crippen LogP contribution in [-0.4, -0.2) is 52.1 Å². The third kappa shape index (κ3) is 3.88. The van der Waals surface area contributed by atoms with Crippen molar-refractivity contribution in [2.24, 2.45) is 4.99 Å². The van der Waals surface area contributed by atoms with Gasteiger partial charge in [0.2, 0.25) is 0 Å². The Balaban J connectivity index is 3.34. The molecule has 20 heavy (non-hydrogen) atoms. The van der Waals surface area contributed by atoms with Crippen molar-refractivity contribution in [3.05, 3.63) is 17.7 Å². The Labute approximate surface area is 119 Å². The van der Waals surface area contributed by atoms with Gasteiger partial charge >= 0.3 is 5.97 Å². The Morgan fingerprint density at radius 2 is 2.00 bits per heavy atom. The summed E-state index contributed by atoms with van der Waals surface area (Å²) in [6.45, 7) is 2.33. The minimum atomic E-state index is -0.473. The van der Waals surface area contributed by atoms with Crippen LogP contribution in [0.25, 0.3) is 0 Å². The van der Waals surface area contributed by atoms with E-state index >= 15 is 0 Å². The van der Waals surface area contributed by atoms with E-state index in [0.717, 1.165) is 0 Å². The Morgan fingerprint density at radius 3 is 2.50 bits per heavy atom. The fraction of sp³-hybridized carbons (Fsp3) is 0.429. The SMILES string of the molecule is CCOc1cc(C(=O)OC)c(N=CN(C)C)cc1OC. The predicted octanol–water partition coefficient (Wildman–Crippen LogP) is 2.10. The van der Waals surface area contributed by atoms with Crippen molar-refractivity contribution in [3.8, 4) is 11.5 Å². The first-order valence-electron chi connectivity index (χ1n) is 6.17. The van der Waals surface area contributed by atoms with Gasteiger partial charge in [-0.1, -0.05) is 0 Å². The number of hydrogen-bond acceptors (Lipinski definition) is 5. The highest BCUT2D eigenvalue weighted by molar-refractivity contribution is 5.96. The number of hydrogen-bond donors (Lipinski definition) is 0. The normalized spacial score (nSPS) is 10.4. The van der Waals surface area contributed by atoms with Crippen LogP contribution in [0.1, 0.15) is 17.3 Å². The fourth-order valence-corrected chi connectivity index (χ4v) is 1.53. The Bertz CT molecular complexity index is 498. The molecule has 0 radical (unpaired) electrons. The minimum Gasteiger partial charge on any atom is -0.493 e. The van der Waals surface area contributed by atoms with Crippen LogP contribution in [0.3, 0.4) is 0 Å². The Kier molecular flexibility index (Phi) is 5.83. The number of nitrogens with zero attached hydrogens (tertiary/aromatic N) is 2.